The maximum absolute atomic E-state index is 11.6. The van der Waals surface area contributed by atoms with Gasteiger partial charge in [-0.2, -0.15) is 0 Å². The molecule has 0 saturated heterocycles. The van der Waals surface area contributed by atoms with Crippen molar-refractivity contribution in [3.63, 3.8) is 0 Å². The van der Waals surface area contributed by atoms with Crippen LogP contribution in [0.5, 0.6) is 0 Å². The van der Waals surface area contributed by atoms with E-state index in [0.29, 0.717) is 18.2 Å². The van der Waals surface area contributed by atoms with Gasteiger partial charge in [-0.25, -0.2) is 4.99 Å². The summed E-state index contributed by atoms with van der Waals surface area (Å²) < 4.78 is 0. The fourth-order valence-electron chi connectivity index (χ4n) is 2.86. The first-order chi connectivity index (χ1) is 13.0. The van der Waals surface area contributed by atoms with Gasteiger partial charge in [-0.05, 0) is 64.0 Å². The SMILES string of the molecule is CCNC(=NCc1ccc(C(=O)NC)cc1)NC(C)CCCN(CC)CC.I. The molecule has 6 nitrogen and oxygen atoms in total. The molecule has 1 atom stereocenters. The third kappa shape index (κ3) is 10.3. The minimum atomic E-state index is -0.0707. The minimum Gasteiger partial charge on any atom is -0.357 e. The summed E-state index contributed by atoms with van der Waals surface area (Å²) >= 11 is 0. The van der Waals surface area contributed by atoms with Crippen LogP contribution in [-0.4, -0.2) is 56.0 Å². The van der Waals surface area contributed by atoms with Crippen molar-refractivity contribution in [2.75, 3.05) is 33.2 Å². The van der Waals surface area contributed by atoms with Gasteiger partial charge in [0.1, 0.15) is 0 Å². The van der Waals surface area contributed by atoms with E-state index in [4.69, 9.17) is 0 Å². The predicted molar refractivity (Wildman–Crippen MR) is 130 cm³/mol. The summed E-state index contributed by atoms with van der Waals surface area (Å²) in [6.07, 6.45) is 2.29. The second-order valence-electron chi connectivity index (χ2n) is 6.69. The van der Waals surface area contributed by atoms with Gasteiger partial charge in [0.2, 0.25) is 0 Å². The predicted octanol–water partition coefficient (Wildman–Crippen LogP) is 3.23. The fourth-order valence-corrected chi connectivity index (χ4v) is 2.86. The number of carbonyl (C=O) groups excluding carboxylic acids is 1. The summed E-state index contributed by atoms with van der Waals surface area (Å²) in [6.45, 7) is 13.5. The van der Waals surface area contributed by atoms with E-state index in [-0.39, 0.29) is 29.9 Å². The molecule has 1 amide bonds. The third-order valence-electron chi connectivity index (χ3n) is 4.60. The maximum atomic E-state index is 11.6. The zero-order valence-corrected chi connectivity index (χ0v) is 20.4. The summed E-state index contributed by atoms with van der Waals surface area (Å²) in [5, 5.41) is 9.43. The van der Waals surface area contributed by atoms with Gasteiger partial charge in [-0.1, -0.05) is 26.0 Å². The number of hydrogen-bond acceptors (Lipinski definition) is 3. The van der Waals surface area contributed by atoms with E-state index in [1.807, 2.05) is 24.3 Å². The van der Waals surface area contributed by atoms with Crippen LogP contribution in [0.3, 0.4) is 0 Å². The average molecular weight is 503 g/mol. The van der Waals surface area contributed by atoms with Gasteiger partial charge in [0.25, 0.3) is 5.91 Å². The molecule has 0 aromatic heterocycles. The van der Waals surface area contributed by atoms with Crippen molar-refractivity contribution in [2.24, 2.45) is 4.99 Å². The zero-order valence-electron chi connectivity index (χ0n) is 18.0. The van der Waals surface area contributed by atoms with Gasteiger partial charge >= 0.3 is 0 Å². The number of halogens is 1. The van der Waals surface area contributed by atoms with Crippen molar-refractivity contribution < 1.29 is 4.79 Å². The molecule has 0 radical (unpaired) electrons. The maximum Gasteiger partial charge on any atom is 0.251 e. The molecule has 0 aliphatic rings. The quantitative estimate of drug-likeness (QED) is 0.247. The Morgan fingerprint density at radius 2 is 1.79 bits per heavy atom. The number of aliphatic imine (C=N–C) groups is 1. The van der Waals surface area contributed by atoms with Crippen LogP contribution in [0.25, 0.3) is 0 Å². The monoisotopic (exact) mass is 503 g/mol. The van der Waals surface area contributed by atoms with Crippen LogP contribution >= 0.6 is 24.0 Å². The van der Waals surface area contributed by atoms with Gasteiger partial charge in [0, 0.05) is 25.2 Å². The Morgan fingerprint density at radius 3 is 2.32 bits per heavy atom. The number of carbonyl (C=O) groups is 1. The first kappa shape index (κ1) is 26.6. The molecule has 7 heteroatoms. The molecule has 28 heavy (non-hydrogen) atoms. The highest BCUT2D eigenvalue weighted by atomic mass is 127. The van der Waals surface area contributed by atoms with Crippen molar-refractivity contribution in [1.82, 2.24) is 20.9 Å². The second-order valence-corrected chi connectivity index (χ2v) is 6.69. The topological polar surface area (TPSA) is 68.8 Å². The van der Waals surface area contributed by atoms with Crippen molar-refractivity contribution in [3.8, 4) is 0 Å². The summed E-state index contributed by atoms with van der Waals surface area (Å²) in [4.78, 5) is 18.7. The smallest absolute Gasteiger partial charge is 0.251 e. The Balaban J connectivity index is 0.00000729. The Kier molecular flexibility index (Phi) is 14.8. The van der Waals surface area contributed by atoms with E-state index in [1.165, 1.54) is 6.42 Å². The molecule has 0 spiro atoms. The number of benzene rings is 1. The van der Waals surface area contributed by atoms with E-state index in [1.54, 1.807) is 7.05 Å². The second kappa shape index (κ2) is 15.6. The zero-order chi connectivity index (χ0) is 20.1. The molecule has 0 heterocycles. The highest BCUT2D eigenvalue weighted by Gasteiger charge is 2.07. The van der Waals surface area contributed by atoms with Crippen LogP contribution in [-0.2, 0) is 6.54 Å². The molecule has 160 valence electrons. The molecule has 1 aromatic rings. The first-order valence-corrected chi connectivity index (χ1v) is 10.1. The molecular weight excluding hydrogens is 465 g/mol. The molecule has 0 saturated carbocycles. The van der Waals surface area contributed by atoms with Crippen molar-refractivity contribution in [2.45, 2.75) is 53.1 Å². The highest BCUT2D eigenvalue weighted by Crippen LogP contribution is 2.06. The van der Waals surface area contributed by atoms with Crippen LogP contribution in [0.4, 0.5) is 0 Å². The number of nitrogens with one attached hydrogen (secondary N) is 3. The summed E-state index contributed by atoms with van der Waals surface area (Å²) in [5.74, 6) is 0.766. The Labute approximate surface area is 188 Å². The lowest BCUT2D eigenvalue weighted by Gasteiger charge is -2.21. The molecule has 1 unspecified atom stereocenters. The van der Waals surface area contributed by atoms with Crippen LogP contribution in [0.15, 0.2) is 29.3 Å². The fraction of sp³-hybridized carbons (Fsp3) is 0.619. The number of rotatable bonds is 11. The van der Waals surface area contributed by atoms with Crippen molar-refractivity contribution in [3.05, 3.63) is 35.4 Å². The molecule has 0 fully saturated rings. The summed E-state index contributed by atoms with van der Waals surface area (Å²) in [7, 11) is 1.64. The molecule has 3 N–H and O–H groups in total. The Hall–Kier alpha value is -1.35. The van der Waals surface area contributed by atoms with Gasteiger partial charge in [0.15, 0.2) is 5.96 Å². The molecule has 1 aromatic carbocycles. The Bertz CT molecular complexity index is 573. The largest absolute Gasteiger partial charge is 0.357 e. The lowest BCUT2D eigenvalue weighted by Crippen LogP contribution is -2.42. The van der Waals surface area contributed by atoms with Gasteiger partial charge in [0.05, 0.1) is 6.54 Å². The Morgan fingerprint density at radius 1 is 1.14 bits per heavy atom. The minimum absolute atomic E-state index is 0. The molecule has 1 rings (SSSR count). The van der Waals surface area contributed by atoms with Crippen LogP contribution in [0.2, 0.25) is 0 Å². The van der Waals surface area contributed by atoms with Gasteiger partial charge in [-0.3, -0.25) is 4.79 Å². The standard InChI is InChI=1S/C21H37N5O.HI/c1-6-23-21(25-17(4)10-9-15-26(7-2)8-3)24-16-18-11-13-19(14-12-18)20(27)22-5;/h11-14,17H,6-10,15-16H2,1-5H3,(H,22,27)(H2,23,24,25);1H. The van der Waals surface area contributed by atoms with Crippen LogP contribution < -0.4 is 16.0 Å². The highest BCUT2D eigenvalue weighted by molar-refractivity contribution is 14.0. The summed E-state index contributed by atoms with van der Waals surface area (Å²) in [6, 6.07) is 7.93. The van der Waals surface area contributed by atoms with Gasteiger partial charge in [-0.15, -0.1) is 24.0 Å². The lowest BCUT2D eigenvalue weighted by atomic mass is 10.1. The molecule has 0 bridgehead atoms. The number of nitrogens with zero attached hydrogens (tertiary/aromatic N) is 2. The van der Waals surface area contributed by atoms with Crippen LogP contribution in [0.1, 0.15) is 56.5 Å². The number of hydrogen-bond donors (Lipinski definition) is 3. The number of guanidine groups is 1. The van der Waals surface area contributed by atoms with E-state index < -0.39 is 0 Å². The van der Waals surface area contributed by atoms with E-state index in [9.17, 15) is 4.79 Å². The summed E-state index contributed by atoms with van der Waals surface area (Å²) in [5.41, 5.74) is 1.74. The lowest BCUT2D eigenvalue weighted by molar-refractivity contribution is 0.0963. The first-order valence-electron chi connectivity index (χ1n) is 10.1. The number of amides is 1. The van der Waals surface area contributed by atoms with E-state index in [2.05, 4.69) is 53.5 Å². The molecular formula is C21H38IN5O. The van der Waals surface area contributed by atoms with E-state index in [0.717, 1.165) is 44.1 Å². The van der Waals surface area contributed by atoms with Crippen molar-refractivity contribution in [1.29, 1.82) is 0 Å². The average Bonchev–Trinajstić information content (AvgIpc) is 2.69. The van der Waals surface area contributed by atoms with Crippen molar-refractivity contribution >= 4 is 35.8 Å². The van der Waals surface area contributed by atoms with Gasteiger partial charge < -0.3 is 20.9 Å². The normalized spacial score (nSPS) is 12.3. The molecule has 0 aliphatic carbocycles. The van der Waals surface area contributed by atoms with Crippen LogP contribution in [0, 0.1) is 0 Å². The van der Waals surface area contributed by atoms with E-state index >= 15 is 0 Å². The third-order valence-corrected chi connectivity index (χ3v) is 4.60. The molecule has 0 aliphatic heterocycles.